The van der Waals surface area contributed by atoms with Crippen molar-refractivity contribution in [1.29, 1.82) is 0 Å². The van der Waals surface area contributed by atoms with Crippen molar-refractivity contribution < 1.29 is 38.4 Å². The largest absolute Gasteiger partial charge is 0.457 e. The first kappa shape index (κ1) is 29.3. The molecule has 0 unspecified atom stereocenters. The highest BCUT2D eigenvalue weighted by molar-refractivity contribution is 9.10. The number of ketones is 1. The average Bonchev–Trinajstić information content (AvgIpc) is 3.21. The van der Waals surface area contributed by atoms with Gasteiger partial charge in [0.2, 0.25) is 0 Å². The van der Waals surface area contributed by atoms with Crippen LogP contribution >= 0.6 is 15.9 Å². The van der Waals surface area contributed by atoms with Crippen molar-refractivity contribution >= 4 is 51.2 Å². The second-order valence-electron chi connectivity index (χ2n) is 9.03. The highest BCUT2D eigenvalue weighted by Crippen LogP contribution is 2.31. The molecule has 0 radical (unpaired) electrons. The zero-order chi connectivity index (χ0) is 29.5. The highest BCUT2D eigenvalue weighted by atomic mass is 79.9. The van der Waals surface area contributed by atoms with Gasteiger partial charge in [-0.15, -0.1) is 0 Å². The third-order valence-corrected chi connectivity index (χ3v) is 6.80. The number of unbranched alkanes of at least 4 members (excludes halogenated alkanes) is 2. The Hall–Kier alpha value is -4.71. The summed E-state index contributed by atoms with van der Waals surface area (Å²) in [5.41, 5.74) is 0.0511. The van der Waals surface area contributed by atoms with Crippen LogP contribution in [0.5, 0.6) is 5.75 Å². The maximum absolute atomic E-state index is 12.6. The van der Waals surface area contributed by atoms with Gasteiger partial charge in [-0.25, -0.2) is 4.79 Å². The molecule has 3 aromatic carbocycles. The lowest BCUT2D eigenvalue weighted by Gasteiger charge is -2.13. The van der Waals surface area contributed by atoms with Gasteiger partial charge in [0.1, 0.15) is 11.3 Å². The minimum atomic E-state index is -0.703. The van der Waals surface area contributed by atoms with Crippen LogP contribution in [0.1, 0.15) is 67.1 Å². The normalized spacial score (nSPS) is 12.2. The summed E-state index contributed by atoms with van der Waals surface area (Å²) >= 11 is 3.29. The number of nitro groups is 1. The van der Waals surface area contributed by atoms with Crippen molar-refractivity contribution in [2.45, 2.75) is 25.7 Å². The quantitative estimate of drug-likeness (QED) is 0.0507. The van der Waals surface area contributed by atoms with E-state index in [9.17, 15) is 34.1 Å². The van der Waals surface area contributed by atoms with Crippen LogP contribution in [-0.2, 0) is 9.53 Å². The Morgan fingerprint density at radius 3 is 2.22 bits per heavy atom. The van der Waals surface area contributed by atoms with Crippen molar-refractivity contribution in [1.82, 2.24) is 4.90 Å². The third-order valence-electron chi connectivity index (χ3n) is 6.27. The Bertz CT molecular complexity index is 1520. The monoisotopic (exact) mass is 622 g/mol. The van der Waals surface area contributed by atoms with E-state index < -0.39 is 46.8 Å². The second-order valence-corrected chi connectivity index (χ2v) is 9.95. The van der Waals surface area contributed by atoms with E-state index in [-0.39, 0.29) is 35.4 Å². The number of rotatable bonds is 12. The number of carbonyl (C=O) groups is 5. The minimum Gasteiger partial charge on any atom is -0.457 e. The molecule has 1 aliphatic heterocycles. The van der Waals surface area contributed by atoms with Gasteiger partial charge < -0.3 is 9.47 Å². The summed E-state index contributed by atoms with van der Waals surface area (Å²) in [6.07, 6.45) is 1.31. The summed E-state index contributed by atoms with van der Waals surface area (Å²) in [6, 6.07) is 16.5. The van der Waals surface area contributed by atoms with E-state index in [0.29, 0.717) is 24.8 Å². The summed E-state index contributed by atoms with van der Waals surface area (Å²) in [6.45, 7) is -0.393. The lowest BCUT2D eigenvalue weighted by molar-refractivity contribution is -0.385. The maximum Gasteiger partial charge on any atom is 0.343 e. The molecule has 41 heavy (non-hydrogen) atoms. The molecule has 0 N–H and O–H groups in total. The Morgan fingerprint density at radius 1 is 0.854 bits per heavy atom. The van der Waals surface area contributed by atoms with Gasteiger partial charge >= 0.3 is 11.9 Å². The Balaban J connectivity index is 1.15. The summed E-state index contributed by atoms with van der Waals surface area (Å²) in [7, 11) is 0. The van der Waals surface area contributed by atoms with Crippen molar-refractivity contribution in [2.24, 2.45) is 0 Å². The van der Waals surface area contributed by atoms with Crippen LogP contribution < -0.4 is 4.74 Å². The van der Waals surface area contributed by atoms with Gasteiger partial charge in [0.25, 0.3) is 17.5 Å². The molecule has 11 nitrogen and oxygen atoms in total. The first-order valence-electron chi connectivity index (χ1n) is 12.6. The number of hydrogen-bond acceptors (Lipinski definition) is 9. The van der Waals surface area contributed by atoms with E-state index in [1.54, 1.807) is 24.3 Å². The molecule has 0 aromatic heterocycles. The molecule has 0 aliphatic carbocycles. The number of nitrogens with zero attached hydrogens (tertiary/aromatic N) is 2. The molecule has 0 spiro atoms. The van der Waals surface area contributed by atoms with Crippen LogP contribution in [0.4, 0.5) is 5.69 Å². The van der Waals surface area contributed by atoms with E-state index >= 15 is 0 Å². The molecule has 210 valence electrons. The fourth-order valence-corrected chi connectivity index (χ4v) is 4.41. The van der Waals surface area contributed by atoms with Gasteiger partial charge in [-0.05, 0) is 67.4 Å². The maximum atomic E-state index is 12.6. The number of nitro benzene ring substituents is 1. The minimum absolute atomic E-state index is 0.00816. The Labute approximate surface area is 242 Å². The molecule has 0 atom stereocenters. The molecule has 0 fully saturated rings. The smallest absolute Gasteiger partial charge is 0.343 e. The van der Waals surface area contributed by atoms with Gasteiger partial charge in [-0.1, -0.05) is 28.4 Å². The van der Waals surface area contributed by atoms with E-state index in [2.05, 4.69) is 15.9 Å². The van der Waals surface area contributed by atoms with E-state index in [1.165, 1.54) is 42.5 Å². The SMILES string of the molecule is O=C(CCCCCN1C(=O)c2cccc([N+](=O)[O-])c2C1=O)OCC(=O)c1ccc(OC(=O)c2ccc(Br)cc2)cc1. The molecule has 0 saturated heterocycles. The summed E-state index contributed by atoms with van der Waals surface area (Å²) in [5, 5.41) is 11.2. The molecule has 4 rings (SSSR count). The van der Waals surface area contributed by atoms with Gasteiger partial charge in [0.05, 0.1) is 16.1 Å². The highest BCUT2D eigenvalue weighted by Gasteiger charge is 2.40. The molecule has 1 heterocycles. The van der Waals surface area contributed by atoms with Crippen LogP contribution in [0.25, 0.3) is 0 Å². The number of imide groups is 1. The summed E-state index contributed by atoms with van der Waals surface area (Å²) in [5.74, 6) is -2.57. The Morgan fingerprint density at radius 2 is 1.54 bits per heavy atom. The topological polar surface area (TPSA) is 150 Å². The van der Waals surface area contributed by atoms with Gasteiger partial charge in [0.15, 0.2) is 12.4 Å². The predicted octanol–water partition coefficient (Wildman–Crippen LogP) is 5.16. The van der Waals surface area contributed by atoms with Crippen LogP contribution in [0.15, 0.2) is 71.2 Å². The van der Waals surface area contributed by atoms with Gasteiger partial charge in [-0.2, -0.15) is 0 Å². The van der Waals surface area contributed by atoms with Gasteiger partial charge in [0, 0.05) is 29.1 Å². The lowest BCUT2D eigenvalue weighted by atomic mass is 10.1. The number of carbonyl (C=O) groups excluding carboxylic acids is 5. The second kappa shape index (κ2) is 13.1. The fraction of sp³-hybridized carbons (Fsp3) is 0.207. The molecule has 2 amide bonds. The molecule has 0 bridgehead atoms. The number of Topliss-reactive ketones (excluding diaryl/α,β-unsaturated/α-hetero) is 1. The van der Waals surface area contributed by atoms with E-state index in [4.69, 9.17) is 9.47 Å². The standard InChI is InChI=1S/C29H23BrN2O9/c30-20-12-8-19(9-13-20)29(37)41-21-14-10-18(11-15-21)24(33)17-40-25(34)7-2-1-3-16-31-27(35)22-5-4-6-23(32(38)39)26(22)28(31)36/h4-6,8-15H,1-3,7,16-17H2. The van der Waals surface area contributed by atoms with Crippen molar-refractivity contribution in [3.8, 4) is 5.75 Å². The molecule has 12 heteroatoms. The summed E-state index contributed by atoms with van der Waals surface area (Å²) < 4.78 is 11.2. The van der Waals surface area contributed by atoms with Crippen molar-refractivity contribution in [2.75, 3.05) is 13.2 Å². The third kappa shape index (κ3) is 7.09. The number of fused-ring (bicyclic) bond motifs is 1. The van der Waals surface area contributed by atoms with Crippen molar-refractivity contribution in [3.05, 3.63) is 104 Å². The first-order valence-corrected chi connectivity index (χ1v) is 13.3. The lowest BCUT2D eigenvalue weighted by Crippen LogP contribution is -2.30. The average molecular weight is 623 g/mol. The van der Waals surface area contributed by atoms with E-state index in [1.807, 2.05) is 0 Å². The number of halogens is 1. The van der Waals surface area contributed by atoms with Crippen LogP contribution in [0.2, 0.25) is 0 Å². The molecule has 0 saturated carbocycles. The zero-order valence-corrected chi connectivity index (χ0v) is 23.1. The fourth-order valence-electron chi connectivity index (χ4n) is 4.15. The molecule has 1 aliphatic rings. The molecular formula is C29H23BrN2O9. The number of hydrogen-bond donors (Lipinski definition) is 0. The van der Waals surface area contributed by atoms with Crippen LogP contribution in [-0.4, -0.2) is 52.5 Å². The number of esters is 2. The van der Waals surface area contributed by atoms with Gasteiger partial charge in [-0.3, -0.25) is 34.2 Å². The molecular weight excluding hydrogens is 600 g/mol. The predicted molar refractivity (Wildman–Crippen MR) is 148 cm³/mol. The van der Waals surface area contributed by atoms with Crippen LogP contribution in [0.3, 0.4) is 0 Å². The zero-order valence-electron chi connectivity index (χ0n) is 21.5. The van der Waals surface area contributed by atoms with Crippen LogP contribution in [0, 0.1) is 10.1 Å². The number of amides is 2. The number of benzene rings is 3. The summed E-state index contributed by atoms with van der Waals surface area (Å²) in [4.78, 5) is 73.2. The molecule has 3 aromatic rings. The van der Waals surface area contributed by atoms with E-state index in [0.717, 1.165) is 9.37 Å². The first-order chi connectivity index (χ1) is 19.7. The number of ether oxygens (including phenoxy) is 2. The van der Waals surface area contributed by atoms with Crippen molar-refractivity contribution in [3.63, 3.8) is 0 Å². The Kier molecular flexibility index (Phi) is 9.35.